The molecule has 1 fully saturated rings. The van der Waals surface area contributed by atoms with Crippen molar-refractivity contribution in [1.29, 1.82) is 0 Å². The van der Waals surface area contributed by atoms with Gasteiger partial charge in [-0.1, -0.05) is 29.8 Å². The highest BCUT2D eigenvalue weighted by atomic mass is 35.5. The molecular formula is C24H23ClN4O4. The zero-order valence-corrected chi connectivity index (χ0v) is 18.9. The summed E-state index contributed by atoms with van der Waals surface area (Å²) in [5, 5.41) is 0.702. The molecule has 2 aliphatic heterocycles. The molecule has 1 saturated heterocycles. The number of hydrogen-bond acceptors (Lipinski definition) is 6. The molecule has 0 unspecified atom stereocenters. The summed E-state index contributed by atoms with van der Waals surface area (Å²) in [6.45, 7) is 4.51. The molecule has 0 bridgehead atoms. The number of benzene rings is 2. The minimum absolute atomic E-state index is 0.0434. The van der Waals surface area contributed by atoms with E-state index in [4.69, 9.17) is 20.8 Å². The molecule has 8 nitrogen and oxygen atoms in total. The molecule has 2 aromatic carbocycles. The Morgan fingerprint density at radius 2 is 1.88 bits per heavy atom. The van der Waals surface area contributed by atoms with Gasteiger partial charge in [-0.15, -0.1) is 0 Å². The number of para-hydroxylation sites is 1. The lowest BCUT2D eigenvalue weighted by atomic mass is 10.1. The van der Waals surface area contributed by atoms with Crippen LogP contribution >= 0.6 is 11.6 Å². The van der Waals surface area contributed by atoms with Gasteiger partial charge in [-0.2, -0.15) is 0 Å². The van der Waals surface area contributed by atoms with Crippen LogP contribution in [0.15, 0.2) is 53.1 Å². The molecule has 33 heavy (non-hydrogen) atoms. The number of carbonyl (C=O) groups excluding carboxylic acids is 2. The molecule has 0 atom stereocenters. The first-order valence-corrected chi connectivity index (χ1v) is 11.1. The summed E-state index contributed by atoms with van der Waals surface area (Å²) in [4.78, 5) is 35.3. The quantitative estimate of drug-likeness (QED) is 0.585. The molecule has 3 aromatic rings. The number of aryl methyl sites for hydroxylation is 1. The average Bonchev–Trinajstić information content (AvgIpc) is 3.30. The van der Waals surface area contributed by atoms with Crippen molar-refractivity contribution < 1.29 is 18.7 Å². The first kappa shape index (κ1) is 21.3. The maximum absolute atomic E-state index is 13.0. The van der Waals surface area contributed by atoms with E-state index >= 15 is 0 Å². The van der Waals surface area contributed by atoms with Crippen LogP contribution in [0, 0.1) is 6.92 Å². The van der Waals surface area contributed by atoms with Gasteiger partial charge in [0.05, 0.1) is 16.4 Å². The maximum atomic E-state index is 13.0. The van der Waals surface area contributed by atoms with Crippen molar-refractivity contribution in [3.05, 3.63) is 70.9 Å². The SMILES string of the molecule is Cc1ccc2c(c1)N(Cc1nc(C(=O)N3CCN(c4ccccc4Cl)CC3)co1)C(=O)CO2. The summed E-state index contributed by atoms with van der Waals surface area (Å²) in [6, 6.07) is 13.4. The zero-order chi connectivity index (χ0) is 22.9. The van der Waals surface area contributed by atoms with E-state index < -0.39 is 0 Å². The van der Waals surface area contributed by atoms with E-state index in [1.54, 1.807) is 9.80 Å². The number of anilines is 2. The van der Waals surface area contributed by atoms with Crippen molar-refractivity contribution in [2.45, 2.75) is 13.5 Å². The van der Waals surface area contributed by atoms with Crippen LogP contribution in [-0.2, 0) is 11.3 Å². The number of fused-ring (bicyclic) bond motifs is 1. The lowest BCUT2D eigenvalue weighted by molar-refractivity contribution is -0.121. The van der Waals surface area contributed by atoms with Gasteiger partial charge in [0, 0.05) is 26.2 Å². The Labute approximate surface area is 196 Å². The first-order valence-electron chi connectivity index (χ1n) is 10.8. The van der Waals surface area contributed by atoms with Crippen LogP contribution in [-0.4, -0.2) is 54.5 Å². The Balaban J connectivity index is 1.25. The molecule has 3 heterocycles. The normalized spacial score (nSPS) is 15.9. The zero-order valence-electron chi connectivity index (χ0n) is 18.2. The molecule has 0 N–H and O–H groups in total. The number of aromatic nitrogens is 1. The third kappa shape index (κ3) is 4.26. The van der Waals surface area contributed by atoms with Gasteiger partial charge < -0.3 is 19.0 Å². The van der Waals surface area contributed by atoms with Crippen LogP contribution < -0.4 is 14.5 Å². The van der Waals surface area contributed by atoms with E-state index in [1.807, 2.05) is 49.4 Å². The third-order valence-corrected chi connectivity index (χ3v) is 6.20. The second-order valence-electron chi connectivity index (χ2n) is 8.10. The number of nitrogens with zero attached hydrogens (tertiary/aromatic N) is 4. The summed E-state index contributed by atoms with van der Waals surface area (Å²) >= 11 is 6.31. The molecule has 2 aliphatic rings. The fourth-order valence-electron chi connectivity index (χ4n) is 4.12. The van der Waals surface area contributed by atoms with Gasteiger partial charge in [0.15, 0.2) is 12.3 Å². The van der Waals surface area contributed by atoms with Gasteiger partial charge in [-0.05, 0) is 36.8 Å². The number of halogens is 1. The van der Waals surface area contributed by atoms with Crippen molar-refractivity contribution in [3.63, 3.8) is 0 Å². The Kier molecular flexibility index (Phi) is 5.68. The van der Waals surface area contributed by atoms with E-state index in [2.05, 4.69) is 9.88 Å². The van der Waals surface area contributed by atoms with E-state index in [9.17, 15) is 9.59 Å². The van der Waals surface area contributed by atoms with Crippen molar-refractivity contribution in [2.75, 3.05) is 42.6 Å². The molecule has 0 spiro atoms. The summed E-state index contributed by atoms with van der Waals surface area (Å²) in [7, 11) is 0. The second kappa shape index (κ2) is 8.78. The lowest BCUT2D eigenvalue weighted by Gasteiger charge is -2.36. The second-order valence-corrected chi connectivity index (χ2v) is 8.50. The number of amides is 2. The number of piperazine rings is 1. The van der Waals surface area contributed by atoms with Crippen LogP contribution in [0.4, 0.5) is 11.4 Å². The Morgan fingerprint density at radius 1 is 1.09 bits per heavy atom. The molecule has 0 radical (unpaired) electrons. The number of carbonyl (C=O) groups is 2. The summed E-state index contributed by atoms with van der Waals surface area (Å²) < 4.78 is 11.1. The minimum Gasteiger partial charge on any atom is -0.482 e. The highest BCUT2D eigenvalue weighted by molar-refractivity contribution is 6.33. The average molecular weight is 467 g/mol. The van der Waals surface area contributed by atoms with Crippen molar-refractivity contribution in [2.24, 2.45) is 0 Å². The summed E-state index contributed by atoms with van der Waals surface area (Å²) in [6.07, 6.45) is 1.36. The van der Waals surface area contributed by atoms with Crippen molar-refractivity contribution in [3.8, 4) is 5.75 Å². The molecule has 0 aliphatic carbocycles. The van der Waals surface area contributed by atoms with Crippen LogP contribution in [0.25, 0.3) is 0 Å². The smallest absolute Gasteiger partial charge is 0.275 e. The Morgan fingerprint density at radius 3 is 2.67 bits per heavy atom. The predicted octanol–water partition coefficient (Wildman–Crippen LogP) is 3.52. The molecular weight excluding hydrogens is 444 g/mol. The molecule has 0 saturated carbocycles. The van der Waals surface area contributed by atoms with Crippen LogP contribution in [0.3, 0.4) is 0 Å². The van der Waals surface area contributed by atoms with Gasteiger partial charge in [0.2, 0.25) is 5.89 Å². The summed E-state index contributed by atoms with van der Waals surface area (Å²) in [5.41, 5.74) is 2.89. The standard InChI is InChI=1S/C24H23ClN4O4/c1-16-6-7-21-20(12-16)29(23(30)15-32-21)13-22-26-18(14-33-22)24(31)28-10-8-27(9-11-28)19-5-3-2-4-17(19)25/h2-7,12,14H,8-11,13,15H2,1H3. The first-order chi connectivity index (χ1) is 16.0. The van der Waals surface area contributed by atoms with Crippen LogP contribution in [0.2, 0.25) is 5.02 Å². The van der Waals surface area contributed by atoms with Crippen molar-refractivity contribution in [1.82, 2.24) is 9.88 Å². The number of oxazole rings is 1. The molecule has 2 amide bonds. The van der Waals surface area contributed by atoms with Gasteiger partial charge in [-0.3, -0.25) is 14.5 Å². The van der Waals surface area contributed by atoms with E-state index in [-0.39, 0.29) is 30.7 Å². The van der Waals surface area contributed by atoms with Gasteiger partial charge in [0.1, 0.15) is 18.6 Å². The Hall–Kier alpha value is -3.52. The molecule has 170 valence electrons. The highest BCUT2D eigenvalue weighted by Gasteiger charge is 2.29. The number of hydrogen-bond donors (Lipinski definition) is 0. The topological polar surface area (TPSA) is 79.1 Å². The number of rotatable bonds is 4. The molecule has 9 heteroatoms. The van der Waals surface area contributed by atoms with Crippen LogP contribution in [0.5, 0.6) is 5.75 Å². The largest absolute Gasteiger partial charge is 0.482 e. The van der Waals surface area contributed by atoms with Crippen LogP contribution in [0.1, 0.15) is 21.9 Å². The number of ether oxygens (including phenoxy) is 1. The third-order valence-electron chi connectivity index (χ3n) is 5.88. The monoisotopic (exact) mass is 466 g/mol. The van der Waals surface area contributed by atoms with Gasteiger partial charge in [-0.25, -0.2) is 4.98 Å². The van der Waals surface area contributed by atoms with E-state index in [0.717, 1.165) is 11.3 Å². The van der Waals surface area contributed by atoms with Gasteiger partial charge in [0.25, 0.3) is 11.8 Å². The van der Waals surface area contributed by atoms with E-state index in [0.29, 0.717) is 48.5 Å². The lowest BCUT2D eigenvalue weighted by Crippen LogP contribution is -2.49. The molecule has 1 aromatic heterocycles. The van der Waals surface area contributed by atoms with E-state index in [1.165, 1.54) is 6.26 Å². The Bertz CT molecular complexity index is 1200. The predicted molar refractivity (Wildman–Crippen MR) is 124 cm³/mol. The fraction of sp³-hybridized carbons (Fsp3) is 0.292. The minimum atomic E-state index is -0.187. The van der Waals surface area contributed by atoms with Gasteiger partial charge >= 0.3 is 0 Å². The highest BCUT2D eigenvalue weighted by Crippen LogP contribution is 2.34. The molecule has 5 rings (SSSR count). The van der Waals surface area contributed by atoms with Crippen molar-refractivity contribution >= 4 is 34.8 Å². The maximum Gasteiger partial charge on any atom is 0.275 e. The fourth-order valence-corrected chi connectivity index (χ4v) is 4.38. The summed E-state index contributed by atoms with van der Waals surface area (Å²) in [5.74, 6) is 0.568.